The summed E-state index contributed by atoms with van der Waals surface area (Å²) in [7, 11) is 1.63. The van der Waals surface area contributed by atoms with Gasteiger partial charge in [-0.2, -0.15) is 4.98 Å². The van der Waals surface area contributed by atoms with Gasteiger partial charge in [-0.15, -0.1) is 0 Å². The van der Waals surface area contributed by atoms with Crippen LogP contribution in [0.3, 0.4) is 0 Å². The van der Waals surface area contributed by atoms with Crippen LogP contribution in [0.15, 0.2) is 42.7 Å². The van der Waals surface area contributed by atoms with Crippen molar-refractivity contribution in [1.82, 2.24) is 14.5 Å². The third-order valence-electron chi connectivity index (χ3n) is 2.73. The zero-order valence-electron chi connectivity index (χ0n) is 9.74. The summed E-state index contributed by atoms with van der Waals surface area (Å²) in [5, 5.41) is 9.43. The quantitative estimate of drug-likeness (QED) is 0.746. The maximum Gasteiger partial charge on any atom is 0.212 e. The molecule has 0 saturated heterocycles. The van der Waals surface area contributed by atoms with Crippen LogP contribution in [0.2, 0.25) is 0 Å². The molecule has 2 aromatic heterocycles. The van der Waals surface area contributed by atoms with Gasteiger partial charge in [-0.05, 0) is 30.3 Å². The van der Waals surface area contributed by atoms with Crippen LogP contribution in [0.4, 0.5) is 0 Å². The van der Waals surface area contributed by atoms with E-state index in [1.165, 1.54) is 6.07 Å². The average molecular weight is 241 g/mol. The molecular weight excluding hydrogens is 230 g/mol. The van der Waals surface area contributed by atoms with Crippen LogP contribution in [0.1, 0.15) is 0 Å². The highest BCUT2D eigenvalue weighted by Crippen LogP contribution is 2.20. The molecule has 0 fully saturated rings. The lowest BCUT2D eigenvalue weighted by Crippen LogP contribution is -1.93. The number of rotatable bonds is 2. The Morgan fingerprint density at radius 1 is 1.11 bits per heavy atom. The summed E-state index contributed by atoms with van der Waals surface area (Å²) < 4.78 is 6.93. The Morgan fingerprint density at radius 3 is 2.61 bits per heavy atom. The van der Waals surface area contributed by atoms with Gasteiger partial charge in [0, 0.05) is 11.8 Å². The fourth-order valence-corrected chi connectivity index (χ4v) is 1.82. The monoisotopic (exact) mass is 241 g/mol. The van der Waals surface area contributed by atoms with Gasteiger partial charge in [0.05, 0.1) is 7.11 Å². The van der Waals surface area contributed by atoms with Crippen LogP contribution in [-0.2, 0) is 0 Å². The van der Waals surface area contributed by atoms with Crippen LogP contribution >= 0.6 is 0 Å². The van der Waals surface area contributed by atoms with Gasteiger partial charge in [-0.1, -0.05) is 0 Å². The number of hydrogen-bond acceptors (Lipinski definition) is 4. The van der Waals surface area contributed by atoms with Crippen LogP contribution in [0, 0.1) is 0 Å². The van der Waals surface area contributed by atoms with Crippen LogP contribution < -0.4 is 4.74 Å². The molecule has 0 aliphatic carbocycles. The topological polar surface area (TPSA) is 60.2 Å². The van der Waals surface area contributed by atoms with Crippen LogP contribution in [-0.4, -0.2) is 26.8 Å². The van der Waals surface area contributed by atoms with E-state index < -0.39 is 0 Å². The summed E-state index contributed by atoms with van der Waals surface area (Å²) in [6.45, 7) is 0. The summed E-state index contributed by atoms with van der Waals surface area (Å²) in [5.41, 5.74) is 2.28. The van der Waals surface area contributed by atoms with E-state index >= 15 is 0 Å². The maximum absolute atomic E-state index is 9.43. The number of aromatic hydroxyl groups is 1. The summed E-state index contributed by atoms with van der Waals surface area (Å²) in [6, 6.07) is 10.8. The Kier molecular flexibility index (Phi) is 2.37. The fraction of sp³-hybridized carbons (Fsp3) is 0.0769. The molecule has 2 heterocycles. The second-order valence-electron chi connectivity index (χ2n) is 3.82. The van der Waals surface area contributed by atoms with Crippen molar-refractivity contribution in [2.45, 2.75) is 0 Å². The molecule has 1 aromatic carbocycles. The van der Waals surface area contributed by atoms with Gasteiger partial charge in [0.15, 0.2) is 5.65 Å². The highest BCUT2D eigenvalue weighted by molar-refractivity contribution is 5.73. The van der Waals surface area contributed by atoms with Gasteiger partial charge in [0.25, 0.3) is 0 Å². The highest BCUT2D eigenvalue weighted by atomic mass is 16.5. The molecule has 3 rings (SSSR count). The molecule has 0 unspecified atom stereocenters. The summed E-state index contributed by atoms with van der Waals surface area (Å²) in [6.07, 6.45) is 1.68. The first kappa shape index (κ1) is 10.6. The molecule has 5 nitrogen and oxygen atoms in total. The van der Waals surface area contributed by atoms with E-state index in [-0.39, 0.29) is 5.88 Å². The average Bonchev–Trinajstić information content (AvgIpc) is 2.82. The first-order chi connectivity index (χ1) is 8.78. The van der Waals surface area contributed by atoms with Gasteiger partial charge in [0.2, 0.25) is 5.88 Å². The third-order valence-corrected chi connectivity index (χ3v) is 2.73. The van der Waals surface area contributed by atoms with Crippen molar-refractivity contribution in [2.24, 2.45) is 0 Å². The van der Waals surface area contributed by atoms with Crippen molar-refractivity contribution in [3.8, 4) is 17.3 Å². The number of nitrogens with zero attached hydrogens (tertiary/aromatic N) is 3. The fourth-order valence-electron chi connectivity index (χ4n) is 1.82. The van der Waals surface area contributed by atoms with E-state index in [1.807, 2.05) is 28.8 Å². The lowest BCUT2D eigenvalue weighted by Gasteiger charge is -2.05. The maximum atomic E-state index is 9.43. The Hall–Kier alpha value is -2.56. The first-order valence-electron chi connectivity index (χ1n) is 5.45. The second kappa shape index (κ2) is 4.03. The molecule has 0 radical (unpaired) electrons. The van der Waals surface area contributed by atoms with Crippen molar-refractivity contribution in [2.75, 3.05) is 7.11 Å². The zero-order chi connectivity index (χ0) is 12.5. The predicted molar refractivity (Wildman–Crippen MR) is 67.1 cm³/mol. The van der Waals surface area contributed by atoms with Gasteiger partial charge < -0.3 is 9.84 Å². The molecule has 0 bridgehead atoms. The van der Waals surface area contributed by atoms with E-state index in [0.29, 0.717) is 5.65 Å². The number of imidazole rings is 1. The summed E-state index contributed by atoms with van der Waals surface area (Å²) >= 11 is 0. The molecule has 0 saturated carbocycles. The number of benzene rings is 1. The predicted octanol–water partition coefficient (Wildman–Crippen LogP) is 2.13. The summed E-state index contributed by atoms with van der Waals surface area (Å²) in [4.78, 5) is 8.32. The van der Waals surface area contributed by atoms with Crippen molar-refractivity contribution >= 4 is 11.2 Å². The highest BCUT2D eigenvalue weighted by Gasteiger charge is 2.06. The van der Waals surface area contributed by atoms with Crippen molar-refractivity contribution in [3.05, 3.63) is 42.7 Å². The van der Waals surface area contributed by atoms with E-state index in [9.17, 15) is 5.11 Å². The molecule has 0 atom stereocenters. The van der Waals surface area contributed by atoms with E-state index in [0.717, 1.165) is 17.0 Å². The SMILES string of the molecule is COc1ccc(-n2cnc3ccc(O)nc32)cc1. The van der Waals surface area contributed by atoms with Gasteiger partial charge in [-0.3, -0.25) is 4.57 Å². The summed E-state index contributed by atoms with van der Waals surface area (Å²) in [5.74, 6) is 0.775. The van der Waals surface area contributed by atoms with Crippen LogP contribution in [0.25, 0.3) is 16.9 Å². The molecule has 1 N–H and O–H groups in total. The number of aromatic nitrogens is 3. The van der Waals surface area contributed by atoms with Gasteiger partial charge in [-0.25, -0.2) is 4.98 Å². The largest absolute Gasteiger partial charge is 0.497 e. The van der Waals surface area contributed by atoms with Gasteiger partial charge >= 0.3 is 0 Å². The Labute approximate surface area is 103 Å². The molecule has 90 valence electrons. The van der Waals surface area contributed by atoms with E-state index in [4.69, 9.17) is 4.74 Å². The van der Waals surface area contributed by atoms with Crippen molar-refractivity contribution in [3.63, 3.8) is 0 Å². The smallest absolute Gasteiger partial charge is 0.212 e. The molecular formula is C13H11N3O2. The molecule has 0 aliphatic heterocycles. The lowest BCUT2D eigenvalue weighted by atomic mass is 10.3. The van der Waals surface area contributed by atoms with Crippen molar-refractivity contribution in [1.29, 1.82) is 0 Å². The normalized spacial score (nSPS) is 10.7. The standard InChI is InChI=1S/C13H11N3O2/c1-18-10-4-2-9(3-5-10)16-8-14-11-6-7-12(17)15-13(11)16/h2-8H,1H3,(H,15,17). The minimum atomic E-state index is -0.0160. The zero-order valence-corrected chi connectivity index (χ0v) is 9.74. The molecule has 3 aromatic rings. The molecule has 0 amide bonds. The number of ether oxygens (including phenoxy) is 1. The Balaban J connectivity index is 2.15. The second-order valence-corrected chi connectivity index (χ2v) is 3.82. The number of methoxy groups -OCH3 is 1. The van der Waals surface area contributed by atoms with Crippen molar-refractivity contribution < 1.29 is 9.84 Å². The molecule has 0 spiro atoms. The Morgan fingerprint density at radius 2 is 1.89 bits per heavy atom. The van der Waals surface area contributed by atoms with Crippen LogP contribution in [0.5, 0.6) is 11.6 Å². The molecule has 0 aliphatic rings. The minimum Gasteiger partial charge on any atom is -0.497 e. The molecule has 18 heavy (non-hydrogen) atoms. The number of pyridine rings is 1. The Bertz CT molecular complexity index is 689. The third kappa shape index (κ3) is 1.66. The van der Waals surface area contributed by atoms with Gasteiger partial charge in [0.1, 0.15) is 17.6 Å². The first-order valence-corrected chi connectivity index (χ1v) is 5.45. The molecule has 5 heteroatoms. The number of hydrogen-bond donors (Lipinski definition) is 1. The number of fused-ring (bicyclic) bond motifs is 1. The van der Waals surface area contributed by atoms with E-state index in [1.54, 1.807) is 19.5 Å². The lowest BCUT2D eigenvalue weighted by molar-refractivity contribution is 0.414. The minimum absolute atomic E-state index is 0.0160. The van der Waals surface area contributed by atoms with E-state index in [2.05, 4.69) is 9.97 Å².